The molecule has 0 aliphatic rings. The van der Waals surface area contributed by atoms with Gasteiger partial charge in [0, 0.05) is 23.4 Å². The molecule has 19 heavy (non-hydrogen) atoms. The van der Waals surface area contributed by atoms with Crippen LogP contribution in [0, 0.1) is 0 Å². The molecule has 0 fully saturated rings. The van der Waals surface area contributed by atoms with Crippen LogP contribution in [0.3, 0.4) is 0 Å². The van der Waals surface area contributed by atoms with Gasteiger partial charge in [-0.3, -0.25) is 0 Å². The third-order valence-electron chi connectivity index (χ3n) is 2.94. The molecule has 0 saturated carbocycles. The van der Waals surface area contributed by atoms with Gasteiger partial charge in [-0.15, -0.1) is 0 Å². The van der Waals surface area contributed by atoms with Gasteiger partial charge in [0.1, 0.15) is 5.82 Å². The van der Waals surface area contributed by atoms with Crippen molar-refractivity contribution in [3.8, 4) is 0 Å². The summed E-state index contributed by atoms with van der Waals surface area (Å²) in [6.45, 7) is 0. The van der Waals surface area contributed by atoms with Crippen LogP contribution in [0.15, 0.2) is 45.8 Å². The van der Waals surface area contributed by atoms with Crippen LogP contribution in [-0.4, -0.2) is 22.0 Å². The van der Waals surface area contributed by atoms with E-state index in [0.717, 1.165) is 27.0 Å². The van der Waals surface area contributed by atoms with Gasteiger partial charge in [0.15, 0.2) is 0 Å². The van der Waals surface area contributed by atoms with Gasteiger partial charge in [-0.1, -0.05) is 0 Å². The Hall–Kier alpha value is -2.08. The van der Waals surface area contributed by atoms with Crippen molar-refractivity contribution >= 4 is 38.5 Å². The predicted molar refractivity (Wildman–Crippen MR) is 78.9 cm³/mol. The fourth-order valence-corrected chi connectivity index (χ4v) is 2.16. The van der Waals surface area contributed by atoms with Crippen molar-refractivity contribution in [3.63, 3.8) is 0 Å². The Morgan fingerprint density at radius 2 is 1.95 bits per heavy atom. The summed E-state index contributed by atoms with van der Waals surface area (Å²) in [6, 6.07) is 9.59. The van der Waals surface area contributed by atoms with Crippen LogP contribution in [0.2, 0.25) is 0 Å². The lowest BCUT2D eigenvalue weighted by atomic mass is 10.2. The molecule has 0 unspecified atom stereocenters. The summed E-state index contributed by atoms with van der Waals surface area (Å²) in [5.74, 6) is 0.834. The first-order valence-corrected chi connectivity index (χ1v) is 6.50. The minimum atomic E-state index is -0.198. The second-order valence-electron chi connectivity index (χ2n) is 4.20. The molecule has 5 nitrogen and oxygen atoms in total. The Morgan fingerprint density at radius 1 is 1.16 bits per heavy atom. The van der Waals surface area contributed by atoms with Crippen molar-refractivity contribution in [2.75, 3.05) is 11.9 Å². The first kappa shape index (κ1) is 12.0. The molecule has 0 aliphatic carbocycles. The molecule has 0 amide bonds. The summed E-state index contributed by atoms with van der Waals surface area (Å²) < 4.78 is 0.940. The third kappa shape index (κ3) is 2.26. The maximum Gasteiger partial charge on any atom is 0.323 e. The van der Waals surface area contributed by atoms with E-state index in [1.807, 2.05) is 42.3 Å². The molecule has 1 aromatic carbocycles. The van der Waals surface area contributed by atoms with Crippen molar-refractivity contribution in [1.29, 1.82) is 0 Å². The van der Waals surface area contributed by atoms with Crippen LogP contribution < -0.4 is 10.6 Å². The molecule has 0 spiro atoms. The molecule has 2 aromatic heterocycles. The molecular formula is C13H11BrN4O. The largest absolute Gasteiger partial charge is 0.329 e. The number of nitrogens with one attached hydrogen (secondary N) is 2. The van der Waals surface area contributed by atoms with E-state index in [2.05, 4.69) is 30.9 Å². The number of halogens is 1. The number of hydrogen-bond donors (Lipinski definition) is 2. The number of rotatable bonds is 2. The highest BCUT2D eigenvalue weighted by Crippen LogP contribution is 2.24. The molecule has 6 heteroatoms. The third-order valence-corrected chi connectivity index (χ3v) is 3.41. The van der Waals surface area contributed by atoms with E-state index in [-0.39, 0.29) is 5.69 Å². The summed E-state index contributed by atoms with van der Waals surface area (Å²) in [4.78, 5) is 23.0. The Balaban J connectivity index is 2.03. The molecule has 0 bridgehead atoms. The first-order chi connectivity index (χ1) is 9.13. The highest BCUT2D eigenvalue weighted by Gasteiger charge is 2.07. The van der Waals surface area contributed by atoms with Crippen LogP contribution in [0.4, 0.5) is 11.5 Å². The average Bonchev–Trinajstić information content (AvgIpc) is 2.77. The number of benzene rings is 1. The van der Waals surface area contributed by atoms with Crippen LogP contribution in [0.5, 0.6) is 0 Å². The maximum absolute atomic E-state index is 11.2. The van der Waals surface area contributed by atoms with Crippen molar-refractivity contribution in [3.05, 3.63) is 51.5 Å². The van der Waals surface area contributed by atoms with Gasteiger partial charge in [-0.25, -0.2) is 9.78 Å². The number of fused-ring (bicyclic) bond motifs is 1. The van der Waals surface area contributed by atoms with Gasteiger partial charge < -0.3 is 14.9 Å². The lowest BCUT2D eigenvalue weighted by Gasteiger charge is -2.18. The number of pyridine rings is 1. The number of nitrogens with zero attached hydrogens (tertiary/aromatic N) is 2. The summed E-state index contributed by atoms with van der Waals surface area (Å²) in [5, 5.41) is 0. The summed E-state index contributed by atoms with van der Waals surface area (Å²) in [7, 11) is 1.93. The van der Waals surface area contributed by atoms with E-state index < -0.39 is 0 Å². The van der Waals surface area contributed by atoms with Gasteiger partial charge in [-0.2, -0.15) is 0 Å². The van der Waals surface area contributed by atoms with Crippen molar-refractivity contribution in [1.82, 2.24) is 15.0 Å². The van der Waals surface area contributed by atoms with Gasteiger partial charge in [-0.05, 0) is 46.3 Å². The molecule has 0 aliphatic heterocycles. The Kier molecular flexibility index (Phi) is 2.87. The van der Waals surface area contributed by atoms with E-state index in [0.29, 0.717) is 0 Å². The van der Waals surface area contributed by atoms with E-state index in [1.54, 1.807) is 6.20 Å². The predicted octanol–water partition coefficient (Wildman–Crippen LogP) is 2.78. The van der Waals surface area contributed by atoms with Gasteiger partial charge in [0.25, 0.3) is 0 Å². The van der Waals surface area contributed by atoms with Crippen LogP contribution >= 0.6 is 15.9 Å². The number of imidazole rings is 1. The lowest BCUT2D eigenvalue weighted by Crippen LogP contribution is -2.10. The average molecular weight is 319 g/mol. The Bertz CT molecular complexity index is 775. The van der Waals surface area contributed by atoms with E-state index in [9.17, 15) is 4.79 Å². The Morgan fingerprint density at radius 3 is 2.68 bits per heavy atom. The highest BCUT2D eigenvalue weighted by molar-refractivity contribution is 9.10. The molecule has 96 valence electrons. The summed E-state index contributed by atoms with van der Waals surface area (Å²) in [5.41, 5.74) is 2.34. The minimum Gasteiger partial charge on any atom is -0.329 e. The highest BCUT2D eigenvalue weighted by atomic mass is 79.9. The second-order valence-corrected chi connectivity index (χ2v) is 5.12. The quantitative estimate of drug-likeness (QED) is 0.763. The fraction of sp³-hybridized carbons (Fsp3) is 0.0769. The van der Waals surface area contributed by atoms with Crippen LogP contribution in [0.25, 0.3) is 11.0 Å². The number of aromatic amines is 2. The zero-order valence-electron chi connectivity index (χ0n) is 10.1. The molecule has 2 heterocycles. The smallest absolute Gasteiger partial charge is 0.323 e. The molecule has 2 N–H and O–H groups in total. The van der Waals surface area contributed by atoms with Crippen LogP contribution in [0.1, 0.15) is 0 Å². The van der Waals surface area contributed by atoms with Crippen molar-refractivity contribution in [2.24, 2.45) is 0 Å². The molecule has 0 saturated heterocycles. The normalized spacial score (nSPS) is 10.8. The Labute approximate surface area is 117 Å². The van der Waals surface area contributed by atoms with E-state index in [1.165, 1.54) is 0 Å². The van der Waals surface area contributed by atoms with E-state index >= 15 is 0 Å². The zero-order chi connectivity index (χ0) is 13.4. The monoisotopic (exact) mass is 318 g/mol. The zero-order valence-corrected chi connectivity index (χ0v) is 11.7. The van der Waals surface area contributed by atoms with Gasteiger partial charge >= 0.3 is 5.69 Å². The second kappa shape index (κ2) is 4.55. The van der Waals surface area contributed by atoms with Gasteiger partial charge in [0.2, 0.25) is 0 Å². The number of anilines is 2. The number of H-pyrrole nitrogens is 2. The topological polar surface area (TPSA) is 64.8 Å². The number of hydrogen-bond acceptors (Lipinski definition) is 3. The molecule has 0 radical (unpaired) electrons. The molecule has 3 rings (SSSR count). The molecule has 3 aromatic rings. The minimum absolute atomic E-state index is 0.198. The first-order valence-electron chi connectivity index (χ1n) is 5.71. The lowest BCUT2D eigenvalue weighted by molar-refractivity contribution is 1.12. The standard InChI is InChI=1S/C13H11BrN4O/c1-18(12-5-2-8(14)7-15-12)9-3-4-10-11(6-9)17-13(19)16-10/h2-7H,1H3,(H2,16,17,19). The molecular weight excluding hydrogens is 308 g/mol. The van der Waals surface area contributed by atoms with Gasteiger partial charge in [0.05, 0.1) is 11.0 Å². The SMILES string of the molecule is CN(c1ccc2[nH]c(=O)[nH]c2c1)c1ccc(Br)cn1. The van der Waals surface area contributed by atoms with Crippen molar-refractivity contribution in [2.45, 2.75) is 0 Å². The molecule has 0 atom stereocenters. The number of aromatic nitrogens is 3. The van der Waals surface area contributed by atoms with Crippen molar-refractivity contribution < 1.29 is 0 Å². The maximum atomic E-state index is 11.2. The van der Waals surface area contributed by atoms with E-state index in [4.69, 9.17) is 0 Å². The van der Waals surface area contributed by atoms with Crippen LogP contribution in [-0.2, 0) is 0 Å². The summed E-state index contributed by atoms with van der Waals surface area (Å²) >= 11 is 3.36. The fourth-order valence-electron chi connectivity index (χ4n) is 1.93. The summed E-state index contributed by atoms with van der Waals surface area (Å²) in [6.07, 6.45) is 1.75.